The highest BCUT2D eigenvalue weighted by molar-refractivity contribution is 5.76. The van der Waals surface area contributed by atoms with Crippen LogP contribution in [0.5, 0.6) is 0 Å². The monoisotopic (exact) mass is 1430 g/mol. The molecule has 3 aliphatic rings. The van der Waals surface area contributed by atoms with E-state index in [4.69, 9.17) is 28.4 Å². The van der Waals surface area contributed by atoms with E-state index in [0.717, 1.165) is 44.9 Å². The van der Waals surface area contributed by atoms with E-state index in [0.29, 0.717) is 12.8 Å². The fourth-order valence-corrected chi connectivity index (χ4v) is 14.6. The number of amides is 1. The zero-order chi connectivity index (χ0) is 72.5. The molecule has 592 valence electrons. The molecular weight excluding hydrogens is 1270 g/mol. The molecule has 0 aromatic heterocycles. The topological polar surface area (TPSA) is 307 Å². The molecule has 0 spiro atoms. The smallest absolute Gasteiger partial charge is 0.220 e. The van der Waals surface area contributed by atoms with E-state index in [-0.39, 0.29) is 18.9 Å². The van der Waals surface area contributed by atoms with Gasteiger partial charge in [0.25, 0.3) is 0 Å². The van der Waals surface area contributed by atoms with Crippen LogP contribution in [0.15, 0.2) is 12.2 Å². The molecule has 12 N–H and O–H groups in total. The third kappa shape index (κ3) is 42.2. The largest absolute Gasteiger partial charge is 0.394 e. The summed E-state index contributed by atoms with van der Waals surface area (Å²) >= 11 is 0. The van der Waals surface area contributed by atoms with Crippen molar-refractivity contribution in [3.63, 3.8) is 0 Å². The molecule has 100 heavy (non-hydrogen) atoms. The highest BCUT2D eigenvalue weighted by Crippen LogP contribution is 2.33. The SMILES string of the molecule is CCCCCCCCCC/C=C\CCCCCCCCCCCCCCCCCCCCCC(=O)NC(COC1OC(CO)C(OC2OC(CO)C(OC3OC(CO)C(O)C(O)C3O)C(O)C2O)C(O)C1O)C(O)CCCCCCCCCCCCCCCCCCCCCCCCCC. The Balaban J connectivity index is 1.35. The van der Waals surface area contributed by atoms with Gasteiger partial charge in [0.05, 0.1) is 38.6 Å². The maximum absolute atomic E-state index is 13.5. The van der Waals surface area contributed by atoms with Crippen molar-refractivity contribution in [2.75, 3.05) is 26.4 Å². The Bertz CT molecular complexity index is 1850. The van der Waals surface area contributed by atoms with Crippen molar-refractivity contribution >= 4 is 5.91 Å². The Hall–Kier alpha value is -1.47. The number of carbonyl (C=O) groups is 1. The predicted octanol–water partition coefficient (Wildman–Crippen LogP) is 14.3. The third-order valence-corrected chi connectivity index (χ3v) is 21.3. The lowest BCUT2D eigenvalue weighted by Gasteiger charge is -2.48. The summed E-state index contributed by atoms with van der Waals surface area (Å²) in [5, 5.41) is 121. The second-order valence-corrected chi connectivity index (χ2v) is 30.3. The van der Waals surface area contributed by atoms with Crippen LogP contribution in [-0.2, 0) is 33.2 Å². The maximum atomic E-state index is 13.5. The molecule has 19 heteroatoms. The lowest BCUT2D eigenvalue weighted by Crippen LogP contribution is -2.66. The third-order valence-electron chi connectivity index (χ3n) is 21.3. The van der Waals surface area contributed by atoms with Gasteiger partial charge in [0, 0.05) is 6.42 Å². The number of hydrogen-bond acceptors (Lipinski definition) is 18. The minimum Gasteiger partial charge on any atom is -0.394 e. The van der Waals surface area contributed by atoms with Crippen LogP contribution in [-0.4, -0.2) is 193 Å². The Morgan fingerprint density at radius 3 is 0.970 bits per heavy atom. The molecule has 3 heterocycles. The summed E-state index contributed by atoms with van der Waals surface area (Å²) in [4.78, 5) is 13.5. The first-order valence-corrected chi connectivity index (χ1v) is 41.9. The van der Waals surface area contributed by atoms with E-state index in [9.17, 15) is 61.0 Å². The van der Waals surface area contributed by atoms with E-state index in [2.05, 4.69) is 31.3 Å². The molecule has 0 radical (unpaired) electrons. The molecular formula is C81H155NO18. The van der Waals surface area contributed by atoms with E-state index in [1.165, 1.54) is 289 Å². The molecule has 0 aromatic carbocycles. The van der Waals surface area contributed by atoms with Crippen LogP contribution in [0.1, 0.15) is 367 Å². The van der Waals surface area contributed by atoms with Crippen LogP contribution in [0.4, 0.5) is 0 Å². The fraction of sp³-hybridized carbons (Fsp3) is 0.963. The summed E-state index contributed by atoms with van der Waals surface area (Å²) in [6, 6.07) is -0.885. The molecule has 3 fully saturated rings. The summed E-state index contributed by atoms with van der Waals surface area (Å²) < 4.78 is 34.6. The first-order chi connectivity index (χ1) is 48.8. The summed E-state index contributed by atoms with van der Waals surface area (Å²) in [6.07, 6.45) is 47.3. The van der Waals surface area contributed by atoms with Crippen molar-refractivity contribution in [1.29, 1.82) is 0 Å². The summed E-state index contributed by atoms with van der Waals surface area (Å²) in [6.45, 7) is 1.87. The maximum Gasteiger partial charge on any atom is 0.220 e. The highest BCUT2D eigenvalue weighted by Gasteiger charge is 2.54. The zero-order valence-electron chi connectivity index (χ0n) is 63.5. The number of aliphatic hydroxyl groups is 11. The Morgan fingerprint density at radius 2 is 0.630 bits per heavy atom. The van der Waals surface area contributed by atoms with Gasteiger partial charge in [-0.2, -0.15) is 0 Å². The highest BCUT2D eigenvalue weighted by atomic mass is 16.8. The minimum atomic E-state index is -1.97. The quantitative estimate of drug-likeness (QED) is 0.0199. The average Bonchev–Trinajstić information content (AvgIpc) is 0.783. The molecule has 0 aromatic rings. The zero-order valence-corrected chi connectivity index (χ0v) is 63.5. The van der Waals surface area contributed by atoms with Gasteiger partial charge in [0.1, 0.15) is 73.2 Å². The average molecular weight is 1430 g/mol. The Kier molecular flexibility index (Phi) is 58.0. The second-order valence-electron chi connectivity index (χ2n) is 30.3. The molecule has 0 bridgehead atoms. The Labute approximate surface area is 607 Å². The van der Waals surface area contributed by atoms with Crippen molar-refractivity contribution in [3.05, 3.63) is 12.2 Å². The van der Waals surface area contributed by atoms with Crippen molar-refractivity contribution in [3.8, 4) is 0 Å². The van der Waals surface area contributed by atoms with Gasteiger partial charge >= 0.3 is 0 Å². The van der Waals surface area contributed by atoms with Crippen LogP contribution in [0, 0.1) is 0 Å². The summed E-state index contributed by atoms with van der Waals surface area (Å²) in [5.41, 5.74) is 0. The fourth-order valence-electron chi connectivity index (χ4n) is 14.6. The predicted molar refractivity (Wildman–Crippen MR) is 397 cm³/mol. The van der Waals surface area contributed by atoms with Gasteiger partial charge in [-0.15, -0.1) is 0 Å². The standard InChI is InChI=1S/C81H155NO18/c1-3-5-7-9-11-13-15-17-19-21-23-25-27-29-30-31-32-33-34-35-37-39-41-43-45-47-49-51-53-55-57-59-69(87)82-64(65(86)58-56-54-52-50-48-46-44-42-40-38-36-28-26-24-22-20-18-16-14-12-10-8-6-4-2)63-95-79-75(93)72(90)77(67(61-84)97-79)100-81-76(94)73(91)78(68(62-85)98-81)99-80-74(92)71(89)70(88)66(60-83)96-80/h21,23,64-68,70-81,83-86,88-94H,3-20,22,24-63H2,1-2H3,(H,82,87)/b23-21-. The molecule has 17 atom stereocenters. The molecule has 0 saturated carbocycles. The van der Waals surface area contributed by atoms with Gasteiger partial charge in [-0.25, -0.2) is 0 Å². The van der Waals surface area contributed by atoms with Gasteiger partial charge in [0.2, 0.25) is 5.91 Å². The van der Waals surface area contributed by atoms with E-state index < -0.39 is 124 Å². The van der Waals surface area contributed by atoms with Crippen LogP contribution in [0.3, 0.4) is 0 Å². The van der Waals surface area contributed by atoms with Crippen LogP contribution in [0.2, 0.25) is 0 Å². The molecule has 17 unspecified atom stereocenters. The normalized spacial score (nSPS) is 26.4. The number of rotatable bonds is 68. The molecule has 3 rings (SSSR count). The number of ether oxygens (including phenoxy) is 6. The van der Waals surface area contributed by atoms with Crippen molar-refractivity contribution in [1.82, 2.24) is 5.32 Å². The van der Waals surface area contributed by atoms with Gasteiger partial charge in [-0.1, -0.05) is 334 Å². The molecule has 3 saturated heterocycles. The number of unbranched alkanes of at least 4 members (excludes halogenated alkanes) is 50. The Morgan fingerprint density at radius 1 is 0.350 bits per heavy atom. The second kappa shape index (κ2) is 62.6. The minimum absolute atomic E-state index is 0.234. The van der Waals surface area contributed by atoms with Gasteiger partial charge in [-0.05, 0) is 38.5 Å². The van der Waals surface area contributed by atoms with Gasteiger partial charge in [-0.3, -0.25) is 4.79 Å². The molecule has 0 aliphatic carbocycles. The summed E-state index contributed by atoms with van der Waals surface area (Å²) in [5.74, 6) is -0.234. The first kappa shape index (κ1) is 92.7. The lowest BCUT2D eigenvalue weighted by atomic mass is 9.96. The van der Waals surface area contributed by atoms with Crippen molar-refractivity contribution < 1.29 is 89.4 Å². The van der Waals surface area contributed by atoms with E-state index in [1.54, 1.807) is 0 Å². The first-order valence-electron chi connectivity index (χ1n) is 41.9. The number of nitrogens with one attached hydrogen (secondary N) is 1. The van der Waals surface area contributed by atoms with Crippen molar-refractivity contribution in [2.24, 2.45) is 0 Å². The van der Waals surface area contributed by atoms with Gasteiger partial charge < -0.3 is 89.9 Å². The number of aliphatic hydroxyl groups excluding tert-OH is 11. The van der Waals surface area contributed by atoms with Crippen LogP contribution < -0.4 is 5.32 Å². The number of hydrogen-bond donors (Lipinski definition) is 12. The van der Waals surface area contributed by atoms with Crippen molar-refractivity contribution in [2.45, 2.75) is 471 Å². The van der Waals surface area contributed by atoms with E-state index >= 15 is 0 Å². The lowest BCUT2D eigenvalue weighted by molar-refractivity contribution is -0.379. The molecule has 1 amide bonds. The molecule has 19 nitrogen and oxygen atoms in total. The van der Waals surface area contributed by atoms with Crippen LogP contribution in [0.25, 0.3) is 0 Å². The number of allylic oxidation sites excluding steroid dienone is 2. The summed E-state index contributed by atoms with van der Waals surface area (Å²) in [7, 11) is 0. The number of carbonyl (C=O) groups excluding carboxylic acids is 1. The van der Waals surface area contributed by atoms with E-state index in [1.807, 2.05) is 0 Å². The van der Waals surface area contributed by atoms with Crippen LogP contribution >= 0.6 is 0 Å². The van der Waals surface area contributed by atoms with Gasteiger partial charge in [0.15, 0.2) is 18.9 Å². The molecule has 3 aliphatic heterocycles.